The number of fused-ring (bicyclic) bond motifs is 1. The highest BCUT2D eigenvalue weighted by molar-refractivity contribution is 6.08. The Balaban J connectivity index is 2.26. The van der Waals surface area contributed by atoms with Crippen LogP contribution >= 0.6 is 0 Å². The Morgan fingerprint density at radius 2 is 1.81 bits per heavy atom. The molecule has 0 spiro atoms. The highest BCUT2D eigenvalue weighted by Crippen LogP contribution is 2.40. The molecule has 3 unspecified atom stereocenters. The zero-order chi connectivity index (χ0) is 11.9. The number of aliphatic carboxylic acids is 1. The molecule has 6 nitrogen and oxygen atoms in total. The number of carbonyl (C=O) groups excluding carboxylic acids is 2. The quantitative estimate of drug-likeness (QED) is 0.616. The van der Waals surface area contributed by atoms with Crippen LogP contribution in [0.3, 0.4) is 0 Å². The monoisotopic (exact) mass is 227 g/mol. The molecule has 88 valence electrons. The molecule has 2 rings (SSSR count). The zero-order valence-electron chi connectivity index (χ0n) is 8.63. The first-order valence-corrected chi connectivity index (χ1v) is 5.28. The Kier molecular flexibility index (Phi) is 2.67. The summed E-state index contributed by atoms with van der Waals surface area (Å²) in [4.78, 5) is 35.2. The number of aliphatic hydroxyl groups is 1. The van der Waals surface area contributed by atoms with Crippen molar-refractivity contribution in [2.24, 2.45) is 11.8 Å². The minimum absolute atomic E-state index is 0.360. The number of amides is 2. The van der Waals surface area contributed by atoms with E-state index in [1.54, 1.807) is 0 Å². The van der Waals surface area contributed by atoms with E-state index in [9.17, 15) is 14.4 Å². The third-order valence-electron chi connectivity index (χ3n) is 3.39. The van der Waals surface area contributed by atoms with Crippen LogP contribution < -0.4 is 0 Å². The molecule has 1 aliphatic heterocycles. The van der Waals surface area contributed by atoms with E-state index in [0.717, 1.165) is 11.3 Å². The van der Waals surface area contributed by atoms with Crippen LogP contribution in [0.1, 0.15) is 19.3 Å². The molecule has 0 aromatic heterocycles. The van der Waals surface area contributed by atoms with Gasteiger partial charge in [-0.2, -0.15) is 0 Å². The van der Waals surface area contributed by atoms with Gasteiger partial charge in [0.1, 0.15) is 0 Å². The molecule has 1 saturated carbocycles. The first kappa shape index (κ1) is 11.1. The van der Waals surface area contributed by atoms with E-state index in [-0.39, 0.29) is 11.8 Å². The van der Waals surface area contributed by atoms with E-state index in [1.165, 1.54) is 0 Å². The highest BCUT2D eigenvalue weighted by Gasteiger charge is 2.53. The van der Waals surface area contributed by atoms with Gasteiger partial charge in [0.05, 0.1) is 18.4 Å². The fraction of sp³-hybridized carbons (Fsp3) is 0.700. The number of carbonyl (C=O) groups is 3. The van der Waals surface area contributed by atoms with Gasteiger partial charge >= 0.3 is 5.97 Å². The number of rotatable bonds is 3. The summed E-state index contributed by atoms with van der Waals surface area (Å²) >= 11 is 0. The smallest absolute Gasteiger partial charge is 0.329 e. The minimum Gasteiger partial charge on any atom is -0.480 e. The van der Waals surface area contributed by atoms with Crippen LogP contribution in [-0.2, 0) is 14.4 Å². The van der Waals surface area contributed by atoms with Crippen LogP contribution in [0.5, 0.6) is 0 Å². The van der Waals surface area contributed by atoms with E-state index >= 15 is 0 Å². The summed E-state index contributed by atoms with van der Waals surface area (Å²) in [7, 11) is 0. The first-order valence-electron chi connectivity index (χ1n) is 5.28. The standard InChI is InChI=1S/C10H13NO5/c12-4-7(10(15)16)11-8(13)5-2-1-3-6(5)9(11)14/h5-7,12H,1-4H2,(H,15,16). The van der Waals surface area contributed by atoms with Crippen molar-refractivity contribution in [2.45, 2.75) is 25.3 Å². The van der Waals surface area contributed by atoms with Crippen LogP contribution in [0.2, 0.25) is 0 Å². The van der Waals surface area contributed by atoms with Crippen LogP contribution in [0, 0.1) is 11.8 Å². The molecule has 6 heteroatoms. The van der Waals surface area contributed by atoms with Crippen LogP contribution in [0.15, 0.2) is 0 Å². The molecule has 2 N–H and O–H groups in total. The topological polar surface area (TPSA) is 94.9 Å². The number of carboxylic acids is 1. The van der Waals surface area contributed by atoms with E-state index in [2.05, 4.69) is 0 Å². The van der Waals surface area contributed by atoms with Gasteiger partial charge in [0.2, 0.25) is 11.8 Å². The van der Waals surface area contributed by atoms with Gasteiger partial charge in [-0.3, -0.25) is 14.5 Å². The van der Waals surface area contributed by atoms with E-state index in [1.807, 2.05) is 0 Å². The van der Waals surface area contributed by atoms with Crippen molar-refractivity contribution >= 4 is 17.8 Å². The fourth-order valence-corrected chi connectivity index (χ4v) is 2.59. The van der Waals surface area contributed by atoms with Gasteiger partial charge in [0, 0.05) is 0 Å². The normalized spacial score (nSPS) is 30.7. The van der Waals surface area contributed by atoms with Crippen molar-refractivity contribution in [3.63, 3.8) is 0 Å². The average Bonchev–Trinajstić information content (AvgIpc) is 2.78. The maximum atomic E-state index is 11.8. The molecule has 2 aliphatic rings. The average molecular weight is 227 g/mol. The summed E-state index contributed by atoms with van der Waals surface area (Å²) in [5, 5.41) is 17.8. The number of nitrogens with zero attached hydrogens (tertiary/aromatic N) is 1. The number of carboxylic acid groups (broad SMARTS) is 1. The van der Waals surface area contributed by atoms with E-state index in [0.29, 0.717) is 12.8 Å². The van der Waals surface area contributed by atoms with Crippen LogP contribution in [0.25, 0.3) is 0 Å². The molecule has 0 bridgehead atoms. The van der Waals surface area contributed by atoms with Crippen LogP contribution in [0.4, 0.5) is 0 Å². The van der Waals surface area contributed by atoms with Gasteiger partial charge in [-0.05, 0) is 12.8 Å². The van der Waals surface area contributed by atoms with Gasteiger partial charge in [-0.15, -0.1) is 0 Å². The Labute approximate surface area is 91.8 Å². The highest BCUT2D eigenvalue weighted by atomic mass is 16.4. The Morgan fingerprint density at radius 1 is 1.31 bits per heavy atom. The van der Waals surface area contributed by atoms with Gasteiger partial charge in [0.15, 0.2) is 6.04 Å². The van der Waals surface area contributed by atoms with Crippen molar-refractivity contribution in [3.05, 3.63) is 0 Å². The minimum atomic E-state index is -1.43. The van der Waals surface area contributed by atoms with Crippen molar-refractivity contribution < 1.29 is 24.6 Å². The molecule has 1 saturated heterocycles. The second-order valence-electron chi connectivity index (χ2n) is 4.23. The molecule has 2 amide bonds. The van der Waals surface area contributed by atoms with E-state index < -0.39 is 30.4 Å². The second kappa shape index (κ2) is 3.86. The molecule has 3 atom stereocenters. The summed E-state index contributed by atoms with van der Waals surface area (Å²) < 4.78 is 0. The van der Waals surface area contributed by atoms with Gasteiger partial charge in [-0.25, -0.2) is 4.79 Å². The van der Waals surface area contributed by atoms with Crippen molar-refractivity contribution in [2.75, 3.05) is 6.61 Å². The number of hydrogen-bond acceptors (Lipinski definition) is 4. The zero-order valence-corrected chi connectivity index (χ0v) is 8.63. The Morgan fingerprint density at radius 3 is 2.19 bits per heavy atom. The molecule has 16 heavy (non-hydrogen) atoms. The molecular weight excluding hydrogens is 214 g/mol. The van der Waals surface area contributed by atoms with Gasteiger partial charge in [-0.1, -0.05) is 6.42 Å². The lowest BCUT2D eigenvalue weighted by atomic mass is 10.00. The second-order valence-corrected chi connectivity index (χ2v) is 4.23. The largest absolute Gasteiger partial charge is 0.480 e. The summed E-state index contributed by atoms with van der Waals surface area (Å²) in [5.74, 6) is -2.94. The Bertz CT molecular complexity index is 331. The fourth-order valence-electron chi connectivity index (χ4n) is 2.59. The lowest BCUT2D eigenvalue weighted by Gasteiger charge is -2.21. The summed E-state index contributed by atoms with van der Waals surface area (Å²) in [6, 6.07) is -1.43. The molecule has 0 aromatic carbocycles. The van der Waals surface area contributed by atoms with Gasteiger partial charge in [0.25, 0.3) is 0 Å². The SMILES string of the molecule is O=C(O)C(CO)N1C(=O)C2CCCC2C1=O. The van der Waals surface area contributed by atoms with Crippen molar-refractivity contribution in [1.82, 2.24) is 4.90 Å². The van der Waals surface area contributed by atoms with Gasteiger partial charge < -0.3 is 10.2 Å². The lowest BCUT2D eigenvalue weighted by Crippen LogP contribution is -2.47. The number of likely N-dealkylation sites (tertiary alicyclic amines) is 1. The summed E-state index contributed by atoms with van der Waals surface area (Å²) in [5.41, 5.74) is 0. The molecule has 0 aromatic rings. The maximum absolute atomic E-state index is 11.8. The lowest BCUT2D eigenvalue weighted by molar-refractivity contribution is -0.157. The van der Waals surface area contributed by atoms with Crippen molar-refractivity contribution in [3.8, 4) is 0 Å². The Hall–Kier alpha value is -1.43. The van der Waals surface area contributed by atoms with Crippen LogP contribution in [-0.4, -0.2) is 45.5 Å². The maximum Gasteiger partial charge on any atom is 0.329 e. The number of imide groups is 1. The van der Waals surface area contributed by atoms with E-state index in [4.69, 9.17) is 10.2 Å². The molecule has 1 heterocycles. The predicted octanol–water partition coefficient (Wildman–Crippen LogP) is -0.783. The van der Waals surface area contributed by atoms with Crippen molar-refractivity contribution in [1.29, 1.82) is 0 Å². The predicted molar refractivity (Wildman–Crippen MR) is 51.2 cm³/mol. The third kappa shape index (κ3) is 1.41. The molecule has 0 radical (unpaired) electrons. The summed E-state index contributed by atoms with van der Waals surface area (Å²) in [6.45, 7) is -0.730. The molecular formula is C10H13NO5. The summed E-state index contributed by atoms with van der Waals surface area (Å²) in [6.07, 6.45) is 2.12. The first-order chi connectivity index (χ1) is 7.57. The third-order valence-corrected chi connectivity index (χ3v) is 3.39. The molecule has 1 aliphatic carbocycles. The number of hydrogen-bond donors (Lipinski definition) is 2. The molecule has 2 fully saturated rings. The number of aliphatic hydroxyl groups excluding tert-OH is 1.